The highest BCUT2D eigenvalue weighted by atomic mass is 79.9. The second kappa shape index (κ2) is 4.35. The number of halogens is 1. The van der Waals surface area contributed by atoms with Crippen molar-refractivity contribution in [3.63, 3.8) is 0 Å². The molecule has 96 valence electrons. The molecule has 1 atom stereocenters. The zero-order valence-corrected chi connectivity index (χ0v) is 11.8. The summed E-state index contributed by atoms with van der Waals surface area (Å²) in [6, 6.07) is 8.29. The van der Waals surface area contributed by atoms with Crippen LogP contribution >= 0.6 is 15.9 Å². The van der Waals surface area contributed by atoms with E-state index in [2.05, 4.69) is 28.1 Å². The van der Waals surface area contributed by atoms with E-state index in [1.807, 2.05) is 17.0 Å². The van der Waals surface area contributed by atoms with Crippen molar-refractivity contribution in [2.45, 2.75) is 30.7 Å². The number of carbonyl (C=O) groups excluding carboxylic acids is 1. The van der Waals surface area contributed by atoms with Crippen LogP contribution in [-0.4, -0.2) is 29.9 Å². The van der Waals surface area contributed by atoms with Crippen LogP contribution in [0.25, 0.3) is 0 Å². The third kappa shape index (κ3) is 1.97. The van der Waals surface area contributed by atoms with Crippen LogP contribution in [0.2, 0.25) is 0 Å². The lowest BCUT2D eigenvalue weighted by Gasteiger charge is -2.23. The summed E-state index contributed by atoms with van der Waals surface area (Å²) in [4.78, 5) is 14.6. The lowest BCUT2D eigenvalue weighted by molar-refractivity contribution is -0.132. The largest absolute Gasteiger partial charge is 0.340 e. The molecule has 0 bridgehead atoms. The summed E-state index contributed by atoms with van der Waals surface area (Å²) in [5, 5.41) is 0. The van der Waals surface area contributed by atoms with Crippen LogP contribution in [0.4, 0.5) is 0 Å². The highest BCUT2D eigenvalue weighted by Gasteiger charge is 2.53. The molecule has 1 aliphatic heterocycles. The van der Waals surface area contributed by atoms with Gasteiger partial charge in [-0.3, -0.25) is 4.79 Å². The van der Waals surface area contributed by atoms with Crippen LogP contribution in [0.1, 0.15) is 24.8 Å². The summed E-state index contributed by atoms with van der Waals surface area (Å²) in [5.41, 5.74) is 6.77. The quantitative estimate of drug-likeness (QED) is 0.909. The predicted molar refractivity (Wildman–Crippen MR) is 74.2 cm³/mol. The topological polar surface area (TPSA) is 46.3 Å². The normalized spacial score (nSPS) is 25.2. The molecule has 2 aliphatic rings. The number of amides is 1. The molecule has 1 aliphatic carbocycles. The van der Waals surface area contributed by atoms with Crippen LogP contribution in [0, 0.1) is 0 Å². The van der Waals surface area contributed by atoms with Gasteiger partial charge in [-0.1, -0.05) is 28.1 Å². The van der Waals surface area contributed by atoms with Gasteiger partial charge in [0.1, 0.15) is 0 Å². The van der Waals surface area contributed by atoms with E-state index in [0.717, 1.165) is 35.8 Å². The van der Waals surface area contributed by atoms with Gasteiger partial charge in [-0.15, -0.1) is 0 Å². The van der Waals surface area contributed by atoms with Crippen LogP contribution in [0.3, 0.4) is 0 Å². The zero-order valence-electron chi connectivity index (χ0n) is 10.2. The summed E-state index contributed by atoms with van der Waals surface area (Å²) < 4.78 is 1.04. The van der Waals surface area contributed by atoms with Crippen LogP contribution in [0.15, 0.2) is 28.7 Å². The third-order valence-electron chi connectivity index (χ3n) is 4.05. The molecule has 1 saturated carbocycles. The fraction of sp³-hybridized carbons (Fsp3) is 0.500. The third-order valence-corrected chi connectivity index (χ3v) is 4.54. The number of hydrogen-bond acceptors (Lipinski definition) is 2. The average molecular weight is 309 g/mol. The van der Waals surface area contributed by atoms with Gasteiger partial charge in [0, 0.05) is 23.6 Å². The van der Waals surface area contributed by atoms with E-state index in [1.165, 1.54) is 0 Å². The number of benzene rings is 1. The molecule has 1 amide bonds. The first-order chi connectivity index (χ1) is 8.62. The van der Waals surface area contributed by atoms with E-state index in [0.29, 0.717) is 6.54 Å². The number of nitrogens with zero attached hydrogens (tertiary/aromatic N) is 1. The van der Waals surface area contributed by atoms with Crippen LogP contribution in [-0.2, 0) is 10.2 Å². The fourth-order valence-electron chi connectivity index (χ4n) is 2.81. The monoisotopic (exact) mass is 308 g/mol. The van der Waals surface area contributed by atoms with Gasteiger partial charge in [0.15, 0.2) is 0 Å². The first-order valence-electron chi connectivity index (χ1n) is 6.43. The Morgan fingerprint density at radius 1 is 1.44 bits per heavy atom. The summed E-state index contributed by atoms with van der Waals surface area (Å²) in [6.45, 7) is 1.53. The molecule has 1 saturated heterocycles. The number of hydrogen-bond donors (Lipinski definition) is 1. The molecule has 0 aromatic heterocycles. The summed E-state index contributed by atoms with van der Waals surface area (Å²) in [6.07, 6.45) is 2.86. The Morgan fingerprint density at radius 2 is 2.22 bits per heavy atom. The van der Waals surface area contributed by atoms with Crippen molar-refractivity contribution in [2.75, 3.05) is 13.1 Å². The number of nitrogens with two attached hydrogens (primary N) is 1. The van der Waals surface area contributed by atoms with E-state index in [9.17, 15) is 4.79 Å². The van der Waals surface area contributed by atoms with Gasteiger partial charge in [-0.05, 0) is 37.0 Å². The standard InChI is InChI=1S/C14H17BrN2O/c15-11-3-1-2-10(8-11)14(5-6-14)13(18)17-7-4-12(16)9-17/h1-3,8,12H,4-7,9,16H2. The first-order valence-corrected chi connectivity index (χ1v) is 7.22. The molecule has 2 fully saturated rings. The Kier molecular flexibility index (Phi) is 2.94. The molecule has 3 nitrogen and oxygen atoms in total. The van der Waals surface area contributed by atoms with Gasteiger partial charge in [0.2, 0.25) is 5.91 Å². The van der Waals surface area contributed by atoms with Gasteiger partial charge in [-0.2, -0.15) is 0 Å². The maximum atomic E-state index is 12.6. The Bertz CT molecular complexity index is 484. The number of likely N-dealkylation sites (tertiary alicyclic amines) is 1. The zero-order chi connectivity index (χ0) is 12.8. The average Bonchev–Trinajstić information content (AvgIpc) is 3.06. The summed E-state index contributed by atoms with van der Waals surface area (Å²) in [7, 11) is 0. The van der Waals surface area contributed by atoms with Crippen molar-refractivity contribution in [1.82, 2.24) is 4.90 Å². The SMILES string of the molecule is NC1CCN(C(=O)C2(c3cccc(Br)c3)CC2)C1. The van der Waals surface area contributed by atoms with Crippen LogP contribution in [0.5, 0.6) is 0 Å². The Balaban J connectivity index is 1.85. The van der Waals surface area contributed by atoms with Crippen molar-refractivity contribution < 1.29 is 4.79 Å². The second-order valence-corrected chi connectivity index (χ2v) is 6.31. The molecular weight excluding hydrogens is 292 g/mol. The molecule has 0 spiro atoms. The maximum absolute atomic E-state index is 12.6. The van der Waals surface area contributed by atoms with E-state index in [4.69, 9.17) is 5.73 Å². The van der Waals surface area contributed by atoms with Crippen molar-refractivity contribution in [3.05, 3.63) is 34.3 Å². The second-order valence-electron chi connectivity index (χ2n) is 5.39. The highest BCUT2D eigenvalue weighted by molar-refractivity contribution is 9.10. The predicted octanol–water partition coefficient (Wildman–Crippen LogP) is 2.04. The first kappa shape index (κ1) is 12.2. The number of carbonyl (C=O) groups is 1. The van der Waals surface area contributed by atoms with Gasteiger partial charge in [-0.25, -0.2) is 0 Å². The molecular formula is C14H17BrN2O. The van der Waals surface area contributed by atoms with E-state index in [-0.39, 0.29) is 17.4 Å². The minimum absolute atomic E-state index is 0.159. The lowest BCUT2D eigenvalue weighted by Crippen LogP contribution is -2.39. The minimum atomic E-state index is -0.256. The Labute approximate surface area is 115 Å². The molecule has 1 unspecified atom stereocenters. The van der Waals surface area contributed by atoms with Crippen molar-refractivity contribution >= 4 is 21.8 Å². The molecule has 4 heteroatoms. The fourth-order valence-corrected chi connectivity index (χ4v) is 3.21. The Morgan fingerprint density at radius 3 is 2.78 bits per heavy atom. The minimum Gasteiger partial charge on any atom is -0.340 e. The van der Waals surface area contributed by atoms with E-state index in [1.54, 1.807) is 0 Å². The molecule has 1 aromatic rings. The van der Waals surface area contributed by atoms with Crippen LogP contribution < -0.4 is 5.73 Å². The molecule has 18 heavy (non-hydrogen) atoms. The van der Waals surface area contributed by atoms with Gasteiger partial charge >= 0.3 is 0 Å². The molecule has 2 N–H and O–H groups in total. The Hall–Kier alpha value is -0.870. The smallest absolute Gasteiger partial charge is 0.233 e. The van der Waals surface area contributed by atoms with Crippen molar-refractivity contribution in [1.29, 1.82) is 0 Å². The van der Waals surface area contributed by atoms with Gasteiger partial charge < -0.3 is 10.6 Å². The lowest BCUT2D eigenvalue weighted by atomic mass is 9.94. The van der Waals surface area contributed by atoms with Gasteiger partial charge in [0.25, 0.3) is 0 Å². The van der Waals surface area contributed by atoms with Gasteiger partial charge in [0.05, 0.1) is 5.41 Å². The molecule has 0 radical (unpaired) electrons. The molecule has 1 aromatic carbocycles. The van der Waals surface area contributed by atoms with Crippen molar-refractivity contribution in [2.24, 2.45) is 5.73 Å². The van der Waals surface area contributed by atoms with Crippen molar-refractivity contribution in [3.8, 4) is 0 Å². The molecule has 1 heterocycles. The highest BCUT2D eigenvalue weighted by Crippen LogP contribution is 2.50. The summed E-state index contributed by atoms with van der Waals surface area (Å²) >= 11 is 3.48. The summed E-state index contributed by atoms with van der Waals surface area (Å²) in [5.74, 6) is 0.272. The van der Waals surface area contributed by atoms with E-state index >= 15 is 0 Å². The number of rotatable bonds is 2. The molecule has 3 rings (SSSR count). The maximum Gasteiger partial charge on any atom is 0.233 e. The van der Waals surface area contributed by atoms with E-state index < -0.39 is 0 Å².